The zero-order valence-electron chi connectivity index (χ0n) is 8.86. The summed E-state index contributed by atoms with van der Waals surface area (Å²) in [7, 11) is 0. The van der Waals surface area contributed by atoms with Crippen LogP contribution in [-0.2, 0) is 14.3 Å². The Bertz CT molecular complexity index is 227. The molecule has 1 amide bonds. The van der Waals surface area contributed by atoms with E-state index in [4.69, 9.17) is 9.84 Å². The van der Waals surface area contributed by atoms with Gasteiger partial charge in [-0.2, -0.15) is 0 Å². The number of aliphatic carboxylic acids is 1. The second kappa shape index (κ2) is 7.99. The van der Waals surface area contributed by atoms with Crippen LogP contribution in [-0.4, -0.2) is 36.2 Å². The molecule has 0 bridgehead atoms. The minimum Gasteiger partial charge on any atom is -0.480 e. The average molecular weight is 215 g/mol. The lowest BCUT2D eigenvalue weighted by atomic mass is 10.2. The van der Waals surface area contributed by atoms with Crippen molar-refractivity contribution < 1.29 is 19.4 Å². The molecule has 0 spiro atoms. The molecule has 1 unspecified atom stereocenters. The number of carbonyl (C=O) groups excluding carboxylic acids is 1. The van der Waals surface area contributed by atoms with Crippen molar-refractivity contribution in [3.63, 3.8) is 0 Å². The second-order valence-corrected chi connectivity index (χ2v) is 3.03. The number of carboxylic acid groups (broad SMARTS) is 1. The van der Waals surface area contributed by atoms with Crippen molar-refractivity contribution >= 4 is 11.9 Å². The van der Waals surface area contributed by atoms with Crippen LogP contribution in [0.25, 0.3) is 0 Å². The number of hydrogen-bond acceptors (Lipinski definition) is 3. The van der Waals surface area contributed by atoms with Gasteiger partial charge in [-0.25, -0.2) is 4.79 Å². The van der Waals surface area contributed by atoms with Crippen molar-refractivity contribution in [3.8, 4) is 0 Å². The molecule has 0 radical (unpaired) electrons. The normalized spacial score (nSPS) is 11.8. The molecule has 0 aromatic heterocycles. The van der Waals surface area contributed by atoms with Crippen LogP contribution in [0, 0.1) is 0 Å². The molecular formula is C10H17NO4. The Labute approximate surface area is 89.1 Å². The zero-order chi connectivity index (χ0) is 11.7. The van der Waals surface area contributed by atoms with E-state index < -0.39 is 12.0 Å². The zero-order valence-corrected chi connectivity index (χ0v) is 8.86. The maximum absolute atomic E-state index is 11.1. The highest BCUT2D eigenvalue weighted by molar-refractivity contribution is 5.83. The molecule has 0 aliphatic carbocycles. The maximum Gasteiger partial charge on any atom is 0.328 e. The fourth-order valence-electron chi connectivity index (χ4n) is 0.937. The molecule has 0 aliphatic rings. The highest BCUT2D eigenvalue weighted by Crippen LogP contribution is 1.92. The second-order valence-electron chi connectivity index (χ2n) is 3.03. The van der Waals surface area contributed by atoms with E-state index in [2.05, 4.69) is 11.9 Å². The minimum absolute atomic E-state index is 0.0448. The van der Waals surface area contributed by atoms with Gasteiger partial charge in [0.1, 0.15) is 0 Å². The molecule has 5 heteroatoms. The summed E-state index contributed by atoms with van der Waals surface area (Å²) in [6.45, 7) is 5.51. The van der Waals surface area contributed by atoms with Crippen LogP contribution >= 0.6 is 0 Å². The van der Waals surface area contributed by atoms with E-state index in [1.165, 1.54) is 6.08 Å². The van der Waals surface area contributed by atoms with Crippen LogP contribution in [0.4, 0.5) is 0 Å². The van der Waals surface area contributed by atoms with Crippen molar-refractivity contribution in [2.45, 2.75) is 25.8 Å². The van der Waals surface area contributed by atoms with Gasteiger partial charge in [-0.05, 0) is 6.42 Å². The van der Waals surface area contributed by atoms with Gasteiger partial charge in [0.05, 0.1) is 13.2 Å². The molecule has 0 aromatic rings. The molecule has 0 heterocycles. The number of rotatable bonds is 8. The van der Waals surface area contributed by atoms with Crippen LogP contribution in [0.3, 0.4) is 0 Å². The van der Waals surface area contributed by atoms with Crippen molar-refractivity contribution in [1.29, 1.82) is 0 Å². The Morgan fingerprint density at radius 2 is 2.27 bits per heavy atom. The van der Waals surface area contributed by atoms with E-state index in [9.17, 15) is 9.59 Å². The van der Waals surface area contributed by atoms with Gasteiger partial charge < -0.3 is 15.2 Å². The summed E-state index contributed by atoms with van der Waals surface area (Å²) < 4.78 is 4.97. The minimum atomic E-state index is -1.09. The molecule has 0 rings (SSSR count). The van der Waals surface area contributed by atoms with Gasteiger partial charge >= 0.3 is 5.97 Å². The maximum atomic E-state index is 11.1. The van der Waals surface area contributed by atoms with Crippen molar-refractivity contribution in [3.05, 3.63) is 12.7 Å². The topological polar surface area (TPSA) is 75.6 Å². The van der Waals surface area contributed by atoms with E-state index in [0.717, 1.165) is 0 Å². The molecule has 0 aliphatic heterocycles. The molecule has 2 N–H and O–H groups in total. The lowest BCUT2D eigenvalue weighted by molar-refractivity contribution is -0.143. The number of nitrogens with one attached hydrogen (secondary N) is 1. The number of carbonyl (C=O) groups is 2. The van der Waals surface area contributed by atoms with Crippen molar-refractivity contribution in [2.24, 2.45) is 0 Å². The standard InChI is InChI=1S/C10H17NO4/c1-3-5-9(12)11-8(10(13)14)7-15-6-4-2/h4,8H,2-3,5-7H2,1H3,(H,11,12)(H,13,14). The highest BCUT2D eigenvalue weighted by atomic mass is 16.5. The Morgan fingerprint density at radius 3 is 2.73 bits per heavy atom. The summed E-state index contributed by atoms with van der Waals surface area (Å²) in [5.41, 5.74) is 0. The van der Waals surface area contributed by atoms with E-state index in [1.807, 2.05) is 6.92 Å². The lowest BCUT2D eigenvalue weighted by Gasteiger charge is -2.13. The first-order valence-electron chi connectivity index (χ1n) is 4.82. The van der Waals surface area contributed by atoms with Crippen molar-refractivity contribution in [2.75, 3.05) is 13.2 Å². The van der Waals surface area contributed by atoms with Gasteiger partial charge in [0.25, 0.3) is 0 Å². The molecule has 0 saturated heterocycles. The predicted molar refractivity (Wildman–Crippen MR) is 55.5 cm³/mol. The van der Waals surface area contributed by atoms with E-state index >= 15 is 0 Å². The fourth-order valence-corrected chi connectivity index (χ4v) is 0.937. The molecule has 0 aromatic carbocycles. The predicted octanol–water partition coefficient (Wildman–Crippen LogP) is 0.558. The average Bonchev–Trinajstić information content (AvgIpc) is 2.16. The fraction of sp³-hybridized carbons (Fsp3) is 0.600. The summed E-state index contributed by atoms with van der Waals surface area (Å²) in [6.07, 6.45) is 2.53. The van der Waals surface area contributed by atoms with Gasteiger partial charge in [0, 0.05) is 6.42 Å². The Balaban J connectivity index is 3.98. The van der Waals surface area contributed by atoms with Gasteiger partial charge in [0.15, 0.2) is 6.04 Å². The first kappa shape index (κ1) is 13.6. The summed E-state index contributed by atoms with van der Waals surface area (Å²) in [5.74, 6) is -1.37. The molecular weight excluding hydrogens is 198 g/mol. The largest absolute Gasteiger partial charge is 0.480 e. The third-order valence-electron chi connectivity index (χ3n) is 1.63. The van der Waals surface area contributed by atoms with E-state index in [0.29, 0.717) is 12.8 Å². The molecule has 0 fully saturated rings. The number of ether oxygens (including phenoxy) is 1. The van der Waals surface area contributed by atoms with E-state index in [-0.39, 0.29) is 19.1 Å². The lowest BCUT2D eigenvalue weighted by Crippen LogP contribution is -2.43. The molecule has 1 atom stereocenters. The van der Waals surface area contributed by atoms with Crippen LogP contribution in [0.2, 0.25) is 0 Å². The van der Waals surface area contributed by atoms with Crippen molar-refractivity contribution in [1.82, 2.24) is 5.32 Å². The first-order valence-corrected chi connectivity index (χ1v) is 4.82. The molecule has 5 nitrogen and oxygen atoms in total. The summed E-state index contributed by atoms with van der Waals surface area (Å²) in [6, 6.07) is -0.982. The third-order valence-corrected chi connectivity index (χ3v) is 1.63. The SMILES string of the molecule is C=CCOCC(NC(=O)CCC)C(=O)O. The van der Waals surface area contributed by atoms with Crippen LogP contribution in [0.5, 0.6) is 0 Å². The molecule has 15 heavy (non-hydrogen) atoms. The molecule has 0 saturated carbocycles. The van der Waals surface area contributed by atoms with Gasteiger partial charge in [-0.15, -0.1) is 6.58 Å². The first-order chi connectivity index (χ1) is 7.11. The van der Waals surface area contributed by atoms with Gasteiger partial charge in [-0.3, -0.25) is 4.79 Å². The Kier molecular flexibility index (Phi) is 7.27. The summed E-state index contributed by atoms with van der Waals surface area (Å²) in [4.78, 5) is 21.9. The number of amides is 1. The number of hydrogen-bond donors (Lipinski definition) is 2. The van der Waals surface area contributed by atoms with Crippen LogP contribution < -0.4 is 5.32 Å². The van der Waals surface area contributed by atoms with Crippen LogP contribution in [0.1, 0.15) is 19.8 Å². The monoisotopic (exact) mass is 215 g/mol. The summed E-state index contributed by atoms with van der Waals surface area (Å²) >= 11 is 0. The Morgan fingerprint density at radius 1 is 1.60 bits per heavy atom. The van der Waals surface area contributed by atoms with Gasteiger partial charge in [0.2, 0.25) is 5.91 Å². The quantitative estimate of drug-likeness (QED) is 0.458. The number of carboxylic acids is 1. The third kappa shape index (κ3) is 6.68. The van der Waals surface area contributed by atoms with Gasteiger partial charge in [-0.1, -0.05) is 13.0 Å². The smallest absolute Gasteiger partial charge is 0.328 e. The highest BCUT2D eigenvalue weighted by Gasteiger charge is 2.19. The van der Waals surface area contributed by atoms with Crippen LogP contribution in [0.15, 0.2) is 12.7 Å². The Hall–Kier alpha value is -1.36. The molecule has 86 valence electrons. The summed E-state index contributed by atoms with van der Waals surface area (Å²) in [5, 5.41) is 11.1. The van der Waals surface area contributed by atoms with E-state index in [1.54, 1.807) is 0 Å².